The van der Waals surface area contributed by atoms with E-state index in [1.807, 2.05) is 0 Å². The third kappa shape index (κ3) is 3.95. The van der Waals surface area contributed by atoms with Crippen molar-refractivity contribution in [1.82, 2.24) is 0 Å². The summed E-state index contributed by atoms with van der Waals surface area (Å²) in [7, 11) is 1.51. The molecule has 0 aromatic heterocycles. The zero-order chi connectivity index (χ0) is 15.2. The normalized spacial score (nSPS) is 11.7. The van der Waals surface area contributed by atoms with Gasteiger partial charge in [-0.15, -0.1) is 0 Å². The third-order valence-corrected chi connectivity index (χ3v) is 2.96. The number of hydrogen-bond acceptors (Lipinski definition) is 3. The van der Waals surface area contributed by atoms with E-state index in [-0.39, 0.29) is 6.42 Å². The second kappa shape index (κ2) is 6.74. The van der Waals surface area contributed by atoms with Crippen LogP contribution in [0.1, 0.15) is 5.56 Å². The van der Waals surface area contributed by atoms with Crippen molar-refractivity contribution in [1.29, 1.82) is 0 Å². The van der Waals surface area contributed by atoms with E-state index in [2.05, 4.69) is 0 Å². The molecule has 0 saturated heterocycles. The van der Waals surface area contributed by atoms with Crippen molar-refractivity contribution in [3.8, 4) is 11.5 Å². The minimum absolute atomic E-state index is 0.0563. The number of carboxylic acids is 1. The number of hydrogen-bond donors (Lipinski definition) is 1. The molecule has 5 heteroatoms. The molecule has 0 amide bonds. The van der Waals surface area contributed by atoms with Crippen molar-refractivity contribution in [2.24, 2.45) is 0 Å². The highest BCUT2D eigenvalue weighted by atomic mass is 19.1. The van der Waals surface area contributed by atoms with E-state index in [1.54, 1.807) is 42.5 Å². The van der Waals surface area contributed by atoms with Crippen LogP contribution in [0.3, 0.4) is 0 Å². The molecular formula is C16H15FO4. The molecule has 2 aromatic rings. The first kappa shape index (κ1) is 14.8. The van der Waals surface area contributed by atoms with E-state index in [0.29, 0.717) is 17.1 Å². The fraction of sp³-hybridized carbons (Fsp3) is 0.188. The van der Waals surface area contributed by atoms with E-state index in [4.69, 9.17) is 9.47 Å². The summed E-state index contributed by atoms with van der Waals surface area (Å²) in [6, 6.07) is 12.7. The summed E-state index contributed by atoms with van der Waals surface area (Å²) >= 11 is 0. The Kier molecular flexibility index (Phi) is 4.77. The summed E-state index contributed by atoms with van der Waals surface area (Å²) in [6.45, 7) is 0. The standard InChI is InChI=1S/C16H15FO4/c1-20-12-6-4-7-13(10-12)21-15(16(18)19)9-11-5-2-3-8-14(11)17/h2-8,10,15H,9H2,1H3,(H,18,19). The Morgan fingerprint density at radius 1 is 1.19 bits per heavy atom. The Morgan fingerprint density at radius 3 is 2.57 bits per heavy atom. The lowest BCUT2D eigenvalue weighted by Gasteiger charge is -2.16. The van der Waals surface area contributed by atoms with E-state index in [0.717, 1.165) is 0 Å². The van der Waals surface area contributed by atoms with Crippen molar-refractivity contribution in [3.63, 3.8) is 0 Å². The maximum Gasteiger partial charge on any atom is 0.345 e. The number of ether oxygens (including phenoxy) is 2. The zero-order valence-electron chi connectivity index (χ0n) is 11.5. The maximum atomic E-state index is 13.6. The van der Waals surface area contributed by atoms with E-state index < -0.39 is 17.9 Å². The van der Waals surface area contributed by atoms with E-state index in [1.165, 1.54) is 13.2 Å². The molecule has 0 heterocycles. The second-order valence-electron chi connectivity index (χ2n) is 4.42. The zero-order valence-corrected chi connectivity index (χ0v) is 11.5. The lowest BCUT2D eigenvalue weighted by atomic mass is 10.1. The molecule has 0 aliphatic heterocycles. The Bertz CT molecular complexity index is 627. The van der Waals surface area contributed by atoms with Crippen LogP contribution in [0.2, 0.25) is 0 Å². The van der Waals surface area contributed by atoms with Gasteiger partial charge in [-0.1, -0.05) is 24.3 Å². The van der Waals surface area contributed by atoms with Crippen LogP contribution in [0.15, 0.2) is 48.5 Å². The van der Waals surface area contributed by atoms with Crippen LogP contribution in [0.4, 0.5) is 4.39 Å². The smallest absolute Gasteiger partial charge is 0.345 e. The van der Waals surface area contributed by atoms with E-state index in [9.17, 15) is 14.3 Å². The third-order valence-electron chi connectivity index (χ3n) is 2.96. The van der Waals surface area contributed by atoms with Crippen LogP contribution < -0.4 is 9.47 Å². The highest BCUT2D eigenvalue weighted by molar-refractivity contribution is 5.73. The average Bonchev–Trinajstić information content (AvgIpc) is 2.49. The molecule has 21 heavy (non-hydrogen) atoms. The summed E-state index contributed by atoms with van der Waals surface area (Å²) in [6.07, 6.45) is -1.23. The molecule has 1 N–H and O–H groups in total. The van der Waals surface area contributed by atoms with Gasteiger partial charge in [-0.25, -0.2) is 9.18 Å². The van der Waals surface area contributed by atoms with Gasteiger partial charge < -0.3 is 14.6 Å². The molecule has 110 valence electrons. The number of benzene rings is 2. The van der Waals surface area contributed by atoms with Crippen molar-refractivity contribution in [3.05, 3.63) is 59.9 Å². The Hall–Kier alpha value is -2.56. The summed E-state index contributed by atoms with van der Waals surface area (Å²) in [5, 5.41) is 9.23. The summed E-state index contributed by atoms with van der Waals surface area (Å²) in [5.74, 6) is -0.681. The van der Waals surface area contributed by atoms with Gasteiger partial charge in [0.25, 0.3) is 0 Å². The molecule has 0 aliphatic rings. The largest absolute Gasteiger partial charge is 0.497 e. The van der Waals surface area contributed by atoms with Gasteiger partial charge in [-0.05, 0) is 23.8 Å². The Morgan fingerprint density at radius 2 is 1.90 bits per heavy atom. The van der Waals surface area contributed by atoms with Gasteiger partial charge in [0.15, 0.2) is 6.10 Å². The monoisotopic (exact) mass is 290 g/mol. The fourth-order valence-electron chi connectivity index (χ4n) is 1.88. The Balaban J connectivity index is 2.16. The van der Waals surface area contributed by atoms with Crippen LogP contribution in [-0.4, -0.2) is 24.3 Å². The number of halogens is 1. The first-order valence-corrected chi connectivity index (χ1v) is 6.37. The highest BCUT2D eigenvalue weighted by Crippen LogP contribution is 2.21. The molecule has 0 radical (unpaired) electrons. The van der Waals surface area contributed by atoms with Gasteiger partial charge in [0.1, 0.15) is 17.3 Å². The van der Waals surface area contributed by atoms with Gasteiger partial charge in [-0.3, -0.25) is 0 Å². The highest BCUT2D eigenvalue weighted by Gasteiger charge is 2.21. The van der Waals surface area contributed by atoms with Crippen molar-refractivity contribution >= 4 is 5.97 Å². The van der Waals surface area contributed by atoms with Crippen molar-refractivity contribution < 1.29 is 23.8 Å². The quantitative estimate of drug-likeness (QED) is 0.888. The fourth-order valence-corrected chi connectivity index (χ4v) is 1.88. The molecule has 0 bridgehead atoms. The maximum absolute atomic E-state index is 13.6. The van der Waals surface area contributed by atoms with Crippen LogP contribution in [0.5, 0.6) is 11.5 Å². The summed E-state index contributed by atoms with van der Waals surface area (Å²) < 4.78 is 24.1. The molecule has 2 aromatic carbocycles. The molecule has 0 fully saturated rings. The molecule has 4 nitrogen and oxygen atoms in total. The van der Waals surface area contributed by atoms with Crippen molar-refractivity contribution in [2.45, 2.75) is 12.5 Å². The van der Waals surface area contributed by atoms with Crippen molar-refractivity contribution in [2.75, 3.05) is 7.11 Å². The van der Waals surface area contributed by atoms with Crippen LogP contribution in [0.25, 0.3) is 0 Å². The van der Waals surface area contributed by atoms with Crippen LogP contribution >= 0.6 is 0 Å². The number of carbonyl (C=O) groups is 1. The van der Waals surface area contributed by atoms with Crippen LogP contribution in [-0.2, 0) is 11.2 Å². The first-order chi connectivity index (χ1) is 10.1. The Labute approximate surface area is 121 Å². The number of carboxylic acid groups (broad SMARTS) is 1. The molecule has 2 rings (SSSR count). The lowest BCUT2D eigenvalue weighted by molar-refractivity contribution is -0.145. The first-order valence-electron chi connectivity index (χ1n) is 6.37. The van der Waals surface area contributed by atoms with E-state index >= 15 is 0 Å². The van der Waals surface area contributed by atoms with Gasteiger partial charge in [-0.2, -0.15) is 0 Å². The lowest BCUT2D eigenvalue weighted by Crippen LogP contribution is -2.29. The summed E-state index contributed by atoms with van der Waals surface area (Å²) in [5.41, 5.74) is 0.299. The van der Waals surface area contributed by atoms with Crippen LogP contribution in [0, 0.1) is 5.82 Å². The predicted octanol–water partition coefficient (Wildman–Crippen LogP) is 2.91. The summed E-state index contributed by atoms with van der Waals surface area (Å²) in [4.78, 5) is 11.3. The van der Waals surface area contributed by atoms with Gasteiger partial charge in [0.05, 0.1) is 7.11 Å². The minimum atomic E-state index is -1.17. The molecule has 0 aliphatic carbocycles. The number of rotatable bonds is 6. The average molecular weight is 290 g/mol. The molecule has 0 saturated carbocycles. The SMILES string of the molecule is COc1cccc(OC(Cc2ccccc2F)C(=O)O)c1. The number of methoxy groups -OCH3 is 1. The predicted molar refractivity (Wildman–Crippen MR) is 75.1 cm³/mol. The van der Waals surface area contributed by atoms with Gasteiger partial charge >= 0.3 is 5.97 Å². The molecule has 0 spiro atoms. The second-order valence-corrected chi connectivity index (χ2v) is 4.42. The van der Waals surface area contributed by atoms with Gasteiger partial charge in [0, 0.05) is 12.5 Å². The molecular weight excluding hydrogens is 275 g/mol. The number of aliphatic carboxylic acids is 1. The molecule has 1 unspecified atom stereocenters. The molecule has 1 atom stereocenters. The minimum Gasteiger partial charge on any atom is -0.497 e. The van der Waals surface area contributed by atoms with Gasteiger partial charge in [0.2, 0.25) is 0 Å². The topological polar surface area (TPSA) is 55.8 Å².